The first-order valence-electron chi connectivity index (χ1n) is 5.08. The second-order valence-electron chi connectivity index (χ2n) is 5.12. The lowest BCUT2D eigenvalue weighted by Crippen LogP contribution is -2.42. The predicted octanol–water partition coefficient (Wildman–Crippen LogP) is 3.20. The van der Waals surface area contributed by atoms with Crippen LogP contribution in [0.3, 0.4) is 0 Å². The molecule has 0 atom stereocenters. The maximum Gasteiger partial charge on any atom is 0.00967 e. The minimum atomic E-state index is 0.256. The van der Waals surface area contributed by atoms with Gasteiger partial charge in [0, 0.05) is 12.1 Å². The van der Waals surface area contributed by atoms with Crippen molar-refractivity contribution >= 4 is 0 Å². The van der Waals surface area contributed by atoms with E-state index in [1.54, 1.807) is 0 Å². The van der Waals surface area contributed by atoms with Crippen molar-refractivity contribution in [2.24, 2.45) is 5.41 Å². The predicted molar refractivity (Wildman–Crippen MR) is 56.4 cm³/mol. The van der Waals surface area contributed by atoms with Crippen molar-refractivity contribution in [2.45, 2.75) is 59.9 Å². The molecule has 1 nitrogen and oxygen atoms in total. The molecule has 12 heavy (non-hydrogen) atoms. The molecule has 0 aromatic carbocycles. The number of nitrogens with one attached hydrogen (secondary N) is 1. The lowest BCUT2D eigenvalue weighted by Gasteiger charge is -2.31. The smallest absolute Gasteiger partial charge is 0.00967 e. The zero-order valence-electron chi connectivity index (χ0n) is 9.62. The molecule has 0 aliphatic rings. The molecule has 1 heteroatoms. The van der Waals surface area contributed by atoms with E-state index < -0.39 is 0 Å². The molecule has 1 N–H and O–H groups in total. The Balaban J connectivity index is 3.89. The fourth-order valence-corrected chi connectivity index (χ4v) is 0.979. The molecule has 0 spiro atoms. The van der Waals surface area contributed by atoms with Gasteiger partial charge in [-0.2, -0.15) is 0 Å². The van der Waals surface area contributed by atoms with Gasteiger partial charge in [-0.3, -0.25) is 0 Å². The molecule has 0 aliphatic carbocycles. The average Bonchev–Trinajstić information content (AvgIpc) is 1.99. The molecule has 0 unspecified atom stereocenters. The van der Waals surface area contributed by atoms with Gasteiger partial charge in [0.1, 0.15) is 0 Å². The Bertz CT molecular complexity index is 117. The summed E-state index contributed by atoms with van der Waals surface area (Å²) in [5.41, 5.74) is 0.735. The van der Waals surface area contributed by atoms with Gasteiger partial charge in [-0.25, -0.2) is 0 Å². The van der Waals surface area contributed by atoms with Crippen molar-refractivity contribution in [1.82, 2.24) is 5.32 Å². The van der Waals surface area contributed by atoms with Gasteiger partial charge in [-0.05, 0) is 39.0 Å². The number of hydrogen-bond donors (Lipinski definition) is 1. The zero-order valence-corrected chi connectivity index (χ0v) is 9.62. The lowest BCUT2D eigenvalue weighted by atomic mass is 9.84. The molecule has 0 saturated heterocycles. The van der Waals surface area contributed by atoms with E-state index in [1.807, 2.05) is 0 Å². The Labute approximate surface area is 77.9 Å². The van der Waals surface area contributed by atoms with E-state index >= 15 is 0 Å². The highest BCUT2D eigenvalue weighted by Gasteiger charge is 2.21. The van der Waals surface area contributed by atoms with E-state index in [-0.39, 0.29) is 5.54 Å². The van der Waals surface area contributed by atoms with E-state index in [0.717, 1.165) is 6.54 Å². The zero-order chi connectivity index (χ0) is 9.83. The van der Waals surface area contributed by atoms with Crippen LogP contribution in [0.15, 0.2) is 0 Å². The summed E-state index contributed by atoms with van der Waals surface area (Å²) in [6, 6.07) is 0. The minimum absolute atomic E-state index is 0.256. The SMILES string of the molecule is CCC(C)(CC)CNC(C)(C)C. The largest absolute Gasteiger partial charge is 0.312 e. The first-order chi connectivity index (χ1) is 5.33. The van der Waals surface area contributed by atoms with Gasteiger partial charge in [0.15, 0.2) is 0 Å². The van der Waals surface area contributed by atoms with E-state index in [0.29, 0.717) is 5.41 Å². The first kappa shape index (κ1) is 12.0. The Morgan fingerprint density at radius 2 is 1.33 bits per heavy atom. The van der Waals surface area contributed by atoms with Crippen molar-refractivity contribution in [3.05, 3.63) is 0 Å². The summed E-state index contributed by atoms with van der Waals surface area (Å²) in [5, 5.41) is 3.56. The van der Waals surface area contributed by atoms with Crippen LogP contribution < -0.4 is 5.32 Å². The summed E-state index contributed by atoms with van der Waals surface area (Å²) in [7, 11) is 0. The van der Waals surface area contributed by atoms with Crippen molar-refractivity contribution in [2.75, 3.05) is 6.54 Å². The summed E-state index contributed by atoms with van der Waals surface area (Å²) >= 11 is 0. The molecule has 0 fully saturated rings. The van der Waals surface area contributed by atoms with Crippen LogP contribution in [0.2, 0.25) is 0 Å². The van der Waals surface area contributed by atoms with Crippen molar-refractivity contribution in [1.29, 1.82) is 0 Å². The molecule has 0 radical (unpaired) electrons. The Morgan fingerprint density at radius 1 is 0.917 bits per heavy atom. The standard InChI is InChI=1S/C11H25N/c1-7-11(6,8-2)9-12-10(3,4)5/h12H,7-9H2,1-6H3. The number of hydrogen-bond acceptors (Lipinski definition) is 1. The molecule has 0 aromatic heterocycles. The van der Waals surface area contributed by atoms with Gasteiger partial charge in [0.2, 0.25) is 0 Å². The van der Waals surface area contributed by atoms with E-state index in [9.17, 15) is 0 Å². The normalized spacial score (nSPS) is 13.5. The summed E-state index contributed by atoms with van der Waals surface area (Å²) in [5.74, 6) is 0. The van der Waals surface area contributed by atoms with Crippen LogP contribution in [-0.4, -0.2) is 12.1 Å². The summed E-state index contributed by atoms with van der Waals surface area (Å²) < 4.78 is 0. The molecule has 0 bridgehead atoms. The summed E-state index contributed by atoms with van der Waals surface area (Å²) in [4.78, 5) is 0. The van der Waals surface area contributed by atoms with E-state index in [4.69, 9.17) is 0 Å². The van der Waals surface area contributed by atoms with Crippen molar-refractivity contribution < 1.29 is 0 Å². The fourth-order valence-electron chi connectivity index (χ4n) is 0.979. The third kappa shape index (κ3) is 4.76. The maximum absolute atomic E-state index is 3.56. The molecule has 0 heterocycles. The van der Waals surface area contributed by atoms with Gasteiger partial charge in [-0.15, -0.1) is 0 Å². The maximum atomic E-state index is 3.56. The van der Waals surface area contributed by atoms with Crippen LogP contribution in [0.25, 0.3) is 0 Å². The first-order valence-corrected chi connectivity index (χ1v) is 5.08. The van der Waals surface area contributed by atoms with Crippen molar-refractivity contribution in [3.8, 4) is 0 Å². The van der Waals surface area contributed by atoms with Gasteiger partial charge in [0.25, 0.3) is 0 Å². The van der Waals surface area contributed by atoms with Gasteiger partial charge >= 0.3 is 0 Å². The summed E-state index contributed by atoms with van der Waals surface area (Å²) in [6.07, 6.45) is 2.51. The third-order valence-corrected chi connectivity index (χ3v) is 2.75. The molecule has 0 rings (SSSR count). The van der Waals surface area contributed by atoms with Crippen LogP contribution in [0.4, 0.5) is 0 Å². The highest BCUT2D eigenvalue weighted by atomic mass is 15.0. The molecule has 0 saturated carbocycles. The quantitative estimate of drug-likeness (QED) is 0.685. The van der Waals surface area contributed by atoms with Crippen LogP contribution >= 0.6 is 0 Å². The number of rotatable bonds is 4. The highest BCUT2D eigenvalue weighted by molar-refractivity contribution is 4.79. The van der Waals surface area contributed by atoms with Gasteiger partial charge < -0.3 is 5.32 Å². The van der Waals surface area contributed by atoms with Crippen LogP contribution in [0.1, 0.15) is 54.4 Å². The van der Waals surface area contributed by atoms with Crippen molar-refractivity contribution in [3.63, 3.8) is 0 Å². The van der Waals surface area contributed by atoms with E-state index in [1.165, 1.54) is 12.8 Å². The topological polar surface area (TPSA) is 12.0 Å². The second kappa shape index (κ2) is 4.27. The summed E-state index contributed by atoms with van der Waals surface area (Å²) in [6.45, 7) is 14.7. The minimum Gasteiger partial charge on any atom is -0.312 e. The third-order valence-electron chi connectivity index (χ3n) is 2.75. The monoisotopic (exact) mass is 171 g/mol. The fraction of sp³-hybridized carbons (Fsp3) is 1.00. The van der Waals surface area contributed by atoms with E-state index in [2.05, 4.69) is 46.9 Å². The van der Waals surface area contributed by atoms with Gasteiger partial charge in [-0.1, -0.05) is 20.8 Å². The average molecular weight is 171 g/mol. The Hall–Kier alpha value is -0.0400. The van der Waals surface area contributed by atoms with Gasteiger partial charge in [0.05, 0.1) is 0 Å². The molecule has 74 valence electrons. The Morgan fingerprint density at radius 3 is 1.58 bits per heavy atom. The molecular formula is C11H25N. The van der Waals surface area contributed by atoms with Crippen LogP contribution in [0.5, 0.6) is 0 Å². The molecule has 0 aromatic rings. The molecule has 0 amide bonds. The van der Waals surface area contributed by atoms with Crippen LogP contribution in [-0.2, 0) is 0 Å². The highest BCUT2D eigenvalue weighted by Crippen LogP contribution is 2.24. The Kier molecular flexibility index (Phi) is 4.25. The van der Waals surface area contributed by atoms with Crippen LogP contribution in [0, 0.1) is 5.41 Å². The molecular weight excluding hydrogens is 146 g/mol. The second-order valence-corrected chi connectivity index (χ2v) is 5.12. The molecule has 0 aliphatic heterocycles. The lowest BCUT2D eigenvalue weighted by molar-refractivity contribution is 0.248.